The minimum atomic E-state index is -0.114. The van der Waals surface area contributed by atoms with Crippen molar-refractivity contribution >= 4 is 23.1 Å². The van der Waals surface area contributed by atoms with Crippen molar-refractivity contribution in [3.05, 3.63) is 48.2 Å². The largest absolute Gasteiger partial charge is 0.497 e. The second-order valence-electron chi connectivity index (χ2n) is 4.38. The van der Waals surface area contributed by atoms with E-state index in [9.17, 15) is 4.79 Å². The number of aromatic nitrogens is 1. The number of rotatable bonds is 2. The fourth-order valence-electron chi connectivity index (χ4n) is 2.05. The summed E-state index contributed by atoms with van der Waals surface area (Å²) in [4.78, 5) is 20.6. The zero-order chi connectivity index (χ0) is 13.9. The number of fused-ring (bicyclic) bond motifs is 1. The Morgan fingerprint density at radius 3 is 2.75 bits per heavy atom. The van der Waals surface area contributed by atoms with Crippen molar-refractivity contribution < 1.29 is 9.53 Å². The van der Waals surface area contributed by atoms with Crippen molar-refractivity contribution in [1.82, 2.24) is 4.98 Å². The number of carbonyl (C=O) groups is 1. The molecule has 1 N–H and O–H groups in total. The van der Waals surface area contributed by atoms with Crippen molar-refractivity contribution in [2.24, 2.45) is 4.99 Å². The van der Waals surface area contributed by atoms with Crippen molar-refractivity contribution in [3.8, 4) is 5.75 Å². The van der Waals surface area contributed by atoms with Gasteiger partial charge in [-0.3, -0.25) is 4.79 Å². The molecule has 1 aromatic carbocycles. The van der Waals surface area contributed by atoms with E-state index in [0.29, 0.717) is 11.5 Å². The third-order valence-corrected chi connectivity index (χ3v) is 3.05. The van der Waals surface area contributed by atoms with Gasteiger partial charge in [0, 0.05) is 6.20 Å². The lowest BCUT2D eigenvalue weighted by molar-refractivity contribution is -0.115. The molecule has 3 rings (SSSR count). The van der Waals surface area contributed by atoms with Gasteiger partial charge in [-0.1, -0.05) is 0 Å². The number of carbonyl (C=O) groups excluding carboxylic acids is 1. The van der Waals surface area contributed by atoms with E-state index in [1.165, 1.54) is 0 Å². The average Bonchev–Trinajstić information content (AvgIpc) is 2.65. The molecule has 0 aliphatic carbocycles. The molecule has 2 aromatic rings. The smallest absolute Gasteiger partial charge is 0.231 e. The predicted molar refractivity (Wildman–Crippen MR) is 76.7 cm³/mol. The van der Waals surface area contributed by atoms with Crippen LogP contribution in [-0.4, -0.2) is 23.7 Å². The molecule has 0 fully saturated rings. The van der Waals surface area contributed by atoms with Crippen molar-refractivity contribution in [1.29, 1.82) is 0 Å². The molecule has 20 heavy (non-hydrogen) atoms. The fraction of sp³-hybridized carbons (Fsp3) is 0.133. The van der Waals surface area contributed by atoms with Crippen LogP contribution in [0.4, 0.5) is 11.5 Å². The standard InChI is InChI=1S/C15H13N3O2/c1-20-11-6-4-10(5-7-11)13-9-14(19)18-15-12(17-13)3-2-8-16-15/h2-8H,9H2,1H3,(H,16,18,19). The van der Waals surface area contributed by atoms with Crippen LogP contribution in [-0.2, 0) is 4.79 Å². The van der Waals surface area contributed by atoms with Crippen LogP contribution in [0.5, 0.6) is 5.75 Å². The quantitative estimate of drug-likeness (QED) is 0.909. The summed E-state index contributed by atoms with van der Waals surface area (Å²) in [7, 11) is 1.62. The number of methoxy groups -OCH3 is 1. The topological polar surface area (TPSA) is 63.6 Å². The summed E-state index contributed by atoms with van der Waals surface area (Å²) < 4.78 is 5.13. The van der Waals surface area contributed by atoms with Crippen LogP contribution in [0.25, 0.3) is 0 Å². The van der Waals surface area contributed by atoms with Gasteiger partial charge in [-0.15, -0.1) is 0 Å². The highest BCUT2D eigenvalue weighted by Crippen LogP contribution is 2.26. The van der Waals surface area contributed by atoms with Gasteiger partial charge in [0.25, 0.3) is 0 Å². The first-order valence-electron chi connectivity index (χ1n) is 6.23. The molecular weight excluding hydrogens is 254 g/mol. The Hall–Kier alpha value is -2.69. The first kappa shape index (κ1) is 12.3. The van der Waals surface area contributed by atoms with Crippen LogP contribution >= 0.6 is 0 Å². The van der Waals surface area contributed by atoms with E-state index in [1.807, 2.05) is 30.3 Å². The molecule has 1 aromatic heterocycles. The lowest BCUT2D eigenvalue weighted by Gasteiger charge is -2.05. The maximum atomic E-state index is 11.9. The summed E-state index contributed by atoms with van der Waals surface area (Å²) in [5.74, 6) is 1.16. The van der Waals surface area contributed by atoms with Gasteiger partial charge in [-0.05, 0) is 42.0 Å². The molecule has 5 nitrogen and oxygen atoms in total. The molecule has 0 radical (unpaired) electrons. The molecular formula is C15H13N3O2. The molecule has 1 amide bonds. The van der Waals surface area contributed by atoms with Crippen molar-refractivity contribution in [2.75, 3.05) is 12.4 Å². The number of amides is 1. The number of pyridine rings is 1. The van der Waals surface area contributed by atoms with Crippen LogP contribution in [0.2, 0.25) is 0 Å². The van der Waals surface area contributed by atoms with E-state index in [-0.39, 0.29) is 12.3 Å². The maximum absolute atomic E-state index is 11.9. The molecule has 0 bridgehead atoms. The number of nitrogens with zero attached hydrogens (tertiary/aromatic N) is 2. The summed E-state index contributed by atoms with van der Waals surface area (Å²) in [6.45, 7) is 0. The summed E-state index contributed by atoms with van der Waals surface area (Å²) in [5, 5.41) is 2.76. The highest BCUT2D eigenvalue weighted by molar-refractivity contribution is 6.16. The number of anilines is 1. The number of ether oxygens (including phenoxy) is 1. The molecule has 0 saturated heterocycles. The van der Waals surface area contributed by atoms with Gasteiger partial charge in [0.1, 0.15) is 11.4 Å². The minimum absolute atomic E-state index is 0.114. The number of hydrogen-bond acceptors (Lipinski definition) is 4. The monoisotopic (exact) mass is 267 g/mol. The lowest BCUT2D eigenvalue weighted by atomic mass is 10.1. The van der Waals surface area contributed by atoms with Crippen LogP contribution < -0.4 is 10.1 Å². The molecule has 2 heterocycles. The summed E-state index contributed by atoms with van der Waals surface area (Å²) in [6, 6.07) is 11.1. The Kier molecular flexibility index (Phi) is 3.16. The van der Waals surface area contributed by atoms with Crippen molar-refractivity contribution in [3.63, 3.8) is 0 Å². The number of aliphatic imine (C=N–C) groups is 1. The fourth-order valence-corrected chi connectivity index (χ4v) is 2.05. The zero-order valence-electron chi connectivity index (χ0n) is 11.0. The Morgan fingerprint density at radius 1 is 1.20 bits per heavy atom. The third kappa shape index (κ3) is 2.38. The van der Waals surface area contributed by atoms with Gasteiger partial charge in [0.15, 0.2) is 5.82 Å². The molecule has 1 aliphatic rings. The normalized spacial score (nSPS) is 13.8. The van der Waals surface area contributed by atoms with Crippen LogP contribution in [0.3, 0.4) is 0 Å². The highest BCUT2D eigenvalue weighted by atomic mass is 16.5. The number of nitrogens with one attached hydrogen (secondary N) is 1. The SMILES string of the molecule is COc1ccc(C2=Nc3cccnc3NC(=O)C2)cc1. The van der Waals surface area contributed by atoms with E-state index in [4.69, 9.17) is 4.74 Å². The van der Waals surface area contributed by atoms with Crippen molar-refractivity contribution in [2.45, 2.75) is 6.42 Å². The molecule has 0 unspecified atom stereocenters. The minimum Gasteiger partial charge on any atom is -0.497 e. The summed E-state index contributed by atoms with van der Waals surface area (Å²) >= 11 is 0. The van der Waals surface area contributed by atoms with Crippen LogP contribution in [0, 0.1) is 0 Å². The third-order valence-electron chi connectivity index (χ3n) is 3.05. The second-order valence-corrected chi connectivity index (χ2v) is 4.38. The van der Waals surface area contributed by atoms with Gasteiger partial charge in [-0.2, -0.15) is 0 Å². The van der Waals surface area contributed by atoms with Gasteiger partial charge < -0.3 is 10.1 Å². The molecule has 0 saturated carbocycles. The lowest BCUT2D eigenvalue weighted by Crippen LogP contribution is -2.15. The molecule has 0 spiro atoms. The first-order valence-corrected chi connectivity index (χ1v) is 6.23. The van der Waals surface area contributed by atoms with E-state index in [1.54, 1.807) is 19.4 Å². The Bertz CT molecular complexity index is 678. The van der Waals surface area contributed by atoms with Gasteiger partial charge in [0.2, 0.25) is 5.91 Å². The van der Waals surface area contributed by atoms with Gasteiger partial charge in [-0.25, -0.2) is 9.98 Å². The second kappa shape index (κ2) is 5.13. The summed E-state index contributed by atoms with van der Waals surface area (Å²) in [6.07, 6.45) is 1.86. The van der Waals surface area contributed by atoms with Gasteiger partial charge in [0.05, 0.1) is 19.2 Å². The average molecular weight is 267 g/mol. The Morgan fingerprint density at radius 2 is 2.00 bits per heavy atom. The highest BCUT2D eigenvalue weighted by Gasteiger charge is 2.17. The molecule has 0 atom stereocenters. The molecule has 5 heteroatoms. The van der Waals surface area contributed by atoms with Gasteiger partial charge >= 0.3 is 0 Å². The van der Waals surface area contributed by atoms with E-state index < -0.39 is 0 Å². The number of hydrogen-bond donors (Lipinski definition) is 1. The Labute approximate surface area is 116 Å². The molecule has 1 aliphatic heterocycles. The predicted octanol–water partition coefficient (Wildman–Crippen LogP) is 2.55. The Balaban J connectivity index is 2.03. The van der Waals surface area contributed by atoms with Crippen LogP contribution in [0.15, 0.2) is 47.6 Å². The number of benzene rings is 1. The zero-order valence-corrected chi connectivity index (χ0v) is 11.0. The molecule has 100 valence electrons. The first-order chi connectivity index (χ1) is 9.76. The van der Waals surface area contributed by atoms with Crippen LogP contribution in [0.1, 0.15) is 12.0 Å². The maximum Gasteiger partial charge on any atom is 0.231 e. The van der Waals surface area contributed by atoms with E-state index >= 15 is 0 Å². The van der Waals surface area contributed by atoms with E-state index in [0.717, 1.165) is 17.0 Å². The summed E-state index contributed by atoms with van der Waals surface area (Å²) in [5.41, 5.74) is 2.29. The van der Waals surface area contributed by atoms with E-state index in [2.05, 4.69) is 15.3 Å².